The number of piperidine rings is 1. The Morgan fingerprint density at radius 3 is 3.00 bits per heavy atom. The van der Waals surface area contributed by atoms with E-state index >= 15 is 0 Å². The van der Waals surface area contributed by atoms with Crippen LogP contribution in [0.15, 0.2) is 0 Å². The Kier molecular flexibility index (Phi) is 4.71. The molecule has 0 aromatic carbocycles. The van der Waals surface area contributed by atoms with E-state index in [-0.39, 0.29) is 0 Å². The molecule has 0 aromatic rings. The van der Waals surface area contributed by atoms with Gasteiger partial charge in [-0.2, -0.15) is 0 Å². The van der Waals surface area contributed by atoms with Gasteiger partial charge in [-0.15, -0.1) is 0 Å². The molecule has 1 atom stereocenters. The number of halogens is 1. The van der Waals surface area contributed by atoms with Gasteiger partial charge in [0.2, 0.25) is 0 Å². The van der Waals surface area contributed by atoms with E-state index in [1.165, 1.54) is 30.4 Å². The lowest BCUT2D eigenvalue weighted by Crippen LogP contribution is -2.37. The molecule has 0 aliphatic carbocycles. The Labute approximate surface area is 82.1 Å². The second-order valence-corrected chi connectivity index (χ2v) is 4.26. The van der Waals surface area contributed by atoms with Gasteiger partial charge in [0.05, 0.1) is 0 Å². The molecule has 0 saturated carbocycles. The summed E-state index contributed by atoms with van der Waals surface area (Å²) in [4.78, 5) is 2.46. The zero-order valence-electron chi connectivity index (χ0n) is 6.80. The maximum Gasteiger partial charge on any atom is 0.0471 e. The van der Waals surface area contributed by atoms with E-state index in [0.29, 0.717) is 12.5 Å². The second kappa shape index (κ2) is 5.32. The zero-order chi connectivity index (χ0) is 8.10. The maximum absolute atomic E-state index is 8.95. The third kappa shape index (κ3) is 3.25. The summed E-state index contributed by atoms with van der Waals surface area (Å²) in [5.74, 6) is 0.548. The van der Waals surface area contributed by atoms with Crippen molar-refractivity contribution in [1.82, 2.24) is 4.90 Å². The van der Waals surface area contributed by atoms with Gasteiger partial charge in [0.25, 0.3) is 0 Å². The SMILES string of the molecule is OCC1CCCN(CCI)C1. The Morgan fingerprint density at radius 1 is 1.55 bits per heavy atom. The smallest absolute Gasteiger partial charge is 0.0471 e. The highest BCUT2D eigenvalue weighted by molar-refractivity contribution is 14.1. The Bertz CT molecular complexity index is 108. The lowest BCUT2D eigenvalue weighted by Gasteiger charge is -2.31. The van der Waals surface area contributed by atoms with Crippen molar-refractivity contribution in [3.05, 3.63) is 0 Å². The number of likely N-dealkylation sites (tertiary alicyclic amines) is 1. The lowest BCUT2D eigenvalue weighted by atomic mass is 9.99. The second-order valence-electron chi connectivity index (χ2n) is 3.18. The van der Waals surface area contributed by atoms with Gasteiger partial charge in [-0.25, -0.2) is 0 Å². The average molecular weight is 269 g/mol. The fourth-order valence-electron chi connectivity index (χ4n) is 1.62. The third-order valence-corrected chi connectivity index (χ3v) is 2.74. The van der Waals surface area contributed by atoms with Crippen molar-refractivity contribution in [1.29, 1.82) is 0 Å². The summed E-state index contributed by atoms with van der Waals surface area (Å²) >= 11 is 2.40. The van der Waals surface area contributed by atoms with Crippen molar-refractivity contribution in [3.63, 3.8) is 0 Å². The average Bonchev–Trinajstić information content (AvgIpc) is 2.06. The first-order valence-corrected chi connectivity index (χ1v) is 5.78. The van der Waals surface area contributed by atoms with E-state index in [1.807, 2.05) is 0 Å². The number of nitrogens with zero attached hydrogens (tertiary/aromatic N) is 1. The monoisotopic (exact) mass is 269 g/mol. The number of aliphatic hydroxyl groups excluding tert-OH is 1. The molecule has 0 radical (unpaired) electrons. The minimum absolute atomic E-state index is 0.373. The molecule has 0 bridgehead atoms. The molecule has 1 rings (SSSR count). The molecule has 1 N–H and O–H groups in total. The van der Waals surface area contributed by atoms with Gasteiger partial charge in [-0.1, -0.05) is 22.6 Å². The Hall–Kier alpha value is 0.650. The number of hydrogen-bond acceptors (Lipinski definition) is 2. The van der Waals surface area contributed by atoms with E-state index in [4.69, 9.17) is 5.11 Å². The van der Waals surface area contributed by atoms with Crippen LogP contribution >= 0.6 is 22.6 Å². The van der Waals surface area contributed by atoms with Gasteiger partial charge in [0, 0.05) is 24.1 Å². The summed E-state index contributed by atoms with van der Waals surface area (Å²) in [5.41, 5.74) is 0. The molecule has 1 saturated heterocycles. The molecule has 66 valence electrons. The van der Waals surface area contributed by atoms with Crippen LogP contribution in [-0.2, 0) is 0 Å². The lowest BCUT2D eigenvalue weighted by molar-refractivity contribution is 0.126. The molecule has 2 nitrogen and oxygen atoms in total. The normalized spacial score (nSPS) is 27.3. The summed E-state index contributed by atoms with van der Waals surface area (Å²) in [6.45, 7) is 3.91. The molecular weight excluding hydrogens is 253 g/mol. The summed E-state index contributed by atoms with van der Waals surface area (Å²) in [7, 11) is 0. The van der Waals surface area contributed by atoms with E-state index < -0.39 is 0 Å². The molecule has 1 aliphatic rings. The van der Waals surface area contributed by atoms with Crippen LogP contribution in [0.2, 0.25) is 0 Å². The van der Waals surface area contributed by atoms with Crippen molar-refractivity contribution in [2.24, 2.45) is 5.92 Å². The number of aliphatic hydroxyl groups is 1. The van der Waals surface area contributed by atoms with Gasteiger partial charge >= 0.3 is 0 Å². The molecule has 3 heteroatoms. The van der Waals surface area contributed by atoms with Crippen molar-refractivity contribution < 1.29 is 5.11 Å². The standard InChI is InChI=1S/C8H16INO/c9-3-5-10-4-1-2-8(6-10)7-11/h8,11H,1-7H2. The summed E-state index contributed by atoms with van der Waals surface area (Å²) in [6, 6.07) is 0. The molecule has 0 spiro atoms. The molecule has 1 heterocycles. The molecule has 1 fully saturated rings. The molecular formula is C8H16INO. The molecule has 0 amide bonds. The molecule has 11 heavy (non-hydrogen) atoms. The molecule has 1 unspecified atom stereocenters. The van der Waals surface area contributed by atoms with Gasteiger partial charge in [0.1, 0.15) is 0 Å². The van der Waals surface area contributed by atoms with Crippen LogP contribution in [0.3, 0.4) is 0 Å². The van der Waals surface area contributed by atoms with E-state index in [2.05, 4.69) is 27.5 Å². The minimum atomic E-state index is 0.373. The predicted octanol–water partition coefficient (Wildman–Crippen LogP) is 1.13. The van der Waals surface area contributed by atoms with Crippen molar-refractivity contribution >= 4 is 22.6 Å². The Morgan fingerprint density at radius 2 is 2.36 bits per heavy atom. The molecule has 1 aliphatic heterocycles. The van der Waals surface area contributed by atoms with Crippen LogP contribution in [0, 0.1) is 5.92 Å². The fourth-order valence-corrected chi connectivity index (χ4v) is 2.31. The van der Waals surface area contributed by atoms with Crippen LogP contribution in [0.4, 0.5) is 0 Å². The van der Waals surface area contributed by atoms with Crippen molar-refractivity contribution in [2.75, 3.05) is 30.7 Å². The largest absolute Gasteiger partial charge is 0.396 e. The van der Waals surface area contributed by atoms with Crippen LogP contribution in [-0.4, -0.2) is 40.7 Å². The van der Waals surface area contributed by atoms with Crippen molar-refractivity contribution in [3.8, 4) is 0 Å². The maximum atomic E-state index is 8.95. The van der Waals surface area contributed by atoms with E-state index in [9.17, 15) is 0 Å². The van der Waals surface area contributed by atoms with Gasteiger partial charge in [-0.3, -0.25) is 0 Å². The van der Waals surface area contributed by atoms with E-state index in [1.54, 1.807) is 0 Å². The van der Waals surface area contributed by atoms with Crippen LogP contribution in [0.25, 0.3) is 0 Å². The van der Waals surface area contributed by atoms with Gasteiger partial charge < -0.3 is 10.0 Å². The zero-order valence-corrected chi connectivity index (χ0v) is 8.96. The van der Waals surface area contributed by atoms with E-state index in [0.717, 1.165) is 6.54 Å². The highest BCUT2D eigenvalue weighted by atomic mass is 127. The van der Waals surface area contributed by atoms with Crippen LogP contribution in [0.1, 0.15) is 12.8 Å². The first-order valence-electron chi connectivity index (χ1n) is 4.26. The topological polar surface area (TPSA) is 23.5 Å². The summed E-state index contributed by atoms with van der Waals surface area (Å²) in [6.07, 6.45) is 2.48. The third-order valence-electron chi connectivity index (χ3n) is 2.26. The summed E-state index contributed by atoms with van der Waals surface area (Å²) in [5, 5.41) is 8.95. The fraction of sp³-hybridized carbons (Fsp3) is 1.00. The first-order chi connectivity index (χ1) is 5.36. The first kappa shape index (κ1) is 9.74. The summed E-state index contributed by atoms with van der Waals surface area (Å²) < 4.78 is 1.20. The number of rotatable bonds is 3. The van der Waals surface area contributed by atoms with Crippen molar-refractivity contribution in [2.45, 2.75) is 12.8 Å². The predicted molar refractivity (Wildman–Crippen MR) is 55.1 cm³/mol. The number of hydrogen-bond donors (Lipinski definition) is 1. The minimum Gasteiger partial charge on any atom is -0.396 e. The quantitative estimate of drug-likeness (QED) is 0.613. The molecule has 0 aromatic heterocycles. The van der Waals surface area contributed by atoms with Gasteiger partial charge in [0.15, 0.2) is 0 Å². The van der Waals surface area contributed by atoms with Crippen LogP contribution < -0.4 is 0 Å². The number of alkyl halides is 1. The Balaban J connectivity index is 2.21. The highest BCUT2D eigenvalue weighted by Crippen LogP contribution is 2.15. The highest BCUT2D eigenvalue weighted by Gasteiger charge is 2.17. The van der Waals surface area contributed by atoms with Gasteiger partial charge in [-0.05, 0) is 25.3 Å². The van der Waals surface area contributed by atoms with Crippen LogP contribution in [0.5, 0.6) is 0 Å².